The van der Waals surface area contributed by atoms with Crippen LogP contribution in [-0.4, -0.2) is 34.0 Å². The molecule has 1 amide bonds. The van der Waals surface area contributed by atoms with Crippen molar-refractivity contribution in [1.29, 1.82) is 0 Å². The van der Waals surface area contributed by atoms with Crippen molar-refractivity contribution in [3.8, 4) is 0 Å². The molecule has 4 atom stereocenters. The van der Waals surface area contributed by atoms with Crippen LogP contribution in [0.4, 0.5) is 0 Å². The second-order valence-electron chi connectivity index (χ2n) is 6.23. The van der Waals surface area contributed by atoms with E-state index < -0.39 is 12.0 Å². The Kier molecular flexibility index (Phi) is 4.02. The van der Waals surface area contributed by atoms with Gasteiger partial charge in [-0.15, -0.1) is 0 Å². The molecule has 21 heavy (non-hydrogen) atoms. The van der Waals surface area contributed by atoms with Crippen LogP contribution in [0, 0.1) is 5.92 Å². The summed E-state index contributed by atoms with van der Waals surface area (Å²) in [4.78, 5) is 26.2. The Bertz CT molecular complexity index is 528. The third-order valence-electron chi connectivity index (χ3n) is 5.04. The first-order valence-electron chi connectivity index (χ1n) is 7.66. The van der Waals surface area contributed by atoms with Gasteiger partial charge in [-0.25, -0.2) is 4.79 Å². The largest absolute Gasteiger partial charge is 0.480 e. The number of aliphatic carboxylic acids is 1. The molecule has 3 rings (SSSR count). The third kappa shape index (κ3) is 2.59. The smallest absolute Gasteiger partial charge is 0.326 e. The van der Waals surface area contributed by atoms with Crippen LogP contribution in [0.1, 0.15) is 50.5 Å². The Labute approximate surface area is 128 Å². The van der Waals surface area contributed by atoms with Crippen LogP contribution in [0.15, 0.2) is 16.8 Å². The van der Waals surface area contributed by atoms with Crippen molar-refractivity contribution >= 4 is 23.2 Å². The number of carboxylic acids is 1. The quantitative estimate of drug-likeness (QED) is 0.933. The third-order valence-corrected chi connectivity index (χ3v) is 5.74. The maximum absolute atomic E-state index is 12.9. The lowest BCUT2D eigenvalue weighted by molar-refractivity contribution is -0.150. The monoisotopic (exact) mass is 307 g/mol. The number of nitrogens with zero attached hydrogens (tertiary/aromatic N) is 1. The summed E-state index contributed by atoms with van der Waals surface area (Å²) in [5.74, 6) is -0.747. The van der Waals surface area contributed by atoms with E-state index in [4.69, 9.17) is 0 Å². The fourth-order valence-corrected chi connectivity index (χ4v) is 4.64. The first kappa shape index (κ1) is 14.6. The van der Waals surface area contributed by atoms with Gasteiger partial charge in [-0.2, -0.15) is 11.3 Å². The summed E-state index contributed by atoms with van der Waals surface area (Å²) in [5, 5.41) is 13.4. The van der Waals surface area contributed by atoms with Crippen molar-refractivity contribution in [2.24, 2.45) is 5.92 Å². The molecule has 0 aromatic carbocycles. The van der Waals surface area contributed by atoms with Gasteiger partial charge in [-0.3, -0.25) is 4.79 Å². The molecule has 1 aromatic heterocycles. The van der Waals surface area contributed by atoms with Gasteiger partial charge in [0.2, 0.25) is 5.91 Å². The number of carboxylic acid groups (broad SMARTS) is 1. The van der Waals surface area contributed by atoms with Gasteiger partial charge in [-0.05, 0) is 54.5 Å². The molecule has 1 saturated heterocycles. The molecule has 1 aliphatic heterocycles. The van der Waals surface area contributed by atoms with E-state index in [1.165, 1.54) is 0 Å². The number of fused-ring (bicyclic) bond motifs is 1. The van der Waals surface area contributed by atoms with Crippen LogP contribution >= 0.6 is 11.3 Å². The molecule has 0 spiro atoms. The van der Waals surface area contributed by atoms with Gasteiger partial charge in [0.25, 0.3) is 0 Å². The topological polar surface area (TPSA) is 57.6 Å². The Balaban J connectivity index is 1.86. The van der Waals surface area contributed by atoms with Crippen LogP contribution < -0.4 is 0 Å². The second-order valence-corrected chi connectivity index (χ2v) is 7.01. The summed E-state index contributed by atoms with van der Waals surface area (Å²) in [5.41, 5.74) is 0.994. The zero-order valence-electron chi connectivity index (χ0n) is 12.2. The van der Waals surface area contributed by atoms with E-state index in [0.717, 1.165) is 31.2 Å². The van der Waals surface area contributed by atoms with Crippen molar-refractivity contribution in [2.75, 3.05) is 0 Å². The molecule has 1 aliphatic carbocycles. The molecule has 4 unspecified atom stereocenters. The van der Waals surface area contributed by atoms with Gasteiger partial charge in [0.05, 0.1) is 5.92 Å². The van der Waals surface area contributed by atoms with Crippen molar-refractivity contribution in [3.05, 3.63) is 22.4 Å². The Morgan fingerprint density at radius 2 is 2.14 bits per heavy atom. The number of thiophene rings is 1. The average Bonchev–Trinajstić information content (AvgIpc) is 3.12. The van der Waals surface area contributed by atoms with Crippen molar-refractivity contribution in [2.45, 2.75) is 57.0 Å². The van der Waals surface area contributed by atoms with Crippen molar-refractivity contribution in [1.82, 2.24) is 4.90 Å². The fourth-order valence-electron chi connectivity index (χ4n) is 3.89. The molecule has 5 heteroatoms. The van der Waals surface area contributed by atoms with Crippen LogP contribution in [-0.2, 0) is 9.59 Å². The molecule has 1 N–H and O–H groups in total. The van der Waals surface area contributed by atoms with Crippen molar-refractivity contribution < 1.29 is 14.7 Å². The lowest BCUT2D eigenvalue weighted by atomic mass is 9.84. The van der Waals surface area contributed by atoms with Crippen LogP contribution in [0.25, 0.3) is 0 Å². The SMILES string of the molecule is CC(C(=O)N1C(C(=O)O)CC2CCCCC21)c1ccsc1. The minimum Gasteiger partial charge on any atom is -0.480 e. The first-order chi connectivity index (χ1) is 10.1. The number of carbonyl (C=O) groups excluding carboxylic acids is 1. The zero-order valence-corrected chi connectivity index (χ0v) is 13.0. The van der Waals surface area contributed by atoms with E-state index >= 15 is 0 Å². The summed E-state index contributed by atoms with van der Waals surface area (Å²) in [6, 6.07) is 1.46. The standard InChI is InChI=1S/C16H21NO3S/c1-10(12-6-7-21-9-12)15(18)17-13-5-3-2-4-11(13)8-14(17)16(19)20/h6-7,9-11,13-14H,2-5,8H2,1H3,(H,19,20). The molecule has 4 nitrogen and oxygen atoms in total. The fraction of sp³-hybridized carbons (Fsp3) is 0.625. The van der Waals surface area contributed by atoms with Gasteiger partial charge in [0.1, 0.15) is 6.04 Å². The highest BCUT2D eigenvalue weighted by Gasteiger charge is 2.48. The summed E-state index contributed by atoms with van der Waals surface area (Å²) in [6.07, 6.45) is 4.91. The summed E-state index contributed by atoms with van der Waals surface area (Å²) in [6.45, 7) is 1.89. The van der Waals surface area contributed by atoms with Gasteiger partial charge in [0.15, 0.2) is 0 Å². The van der Waals surface area contributed by atoms with E-state index in [0.29, 0.717) is 12.3 Å². The molecular formula is C16H21NO3S. The predicted octanol–water partition coefficient (Wildman–Crippen LogP) is 3.10. The summed E-state index contributed by atoms with van der Waals surface area (Å²) >= 11 is 1.57. The maximum atomic E-state index is 12.9. The lowest BCUT2D eigenvalue weighted by Crippen LogP contribution is -2.47. The van der Waals surface area contributed by atoms with Gasteiger partial charge in [-0.1, -0.05) is 12.8 Å². The highest BCUT2D eigenvalue weighted by molar-refractivity contribution is 7.08. The molecule has 1 saturated carbocycles. The Morgan fingerprint density at radius 3 is 2.81 bits per heavy atom. The number of likely N-dealkylation sites (tertiary alicyclic amines) is 1. The lowest BCUT2D eigenvalue weighted by Gasteiger charge is -2.34. The highest BCUT2D eigenvalue weighted by atomic mass is 32.1. The van der Waals surface area contributed by atoms with Crippen LogP contribution in [0.2, 0.25) is 0 Å². The molecule has 2 heterocycles. The van der Waals surface area contributed by atoms with E-state index in [-0.39, 0.29) is 17.9 Å². The number of amides is 1. The predicted molar refractivity (Wildman–Crippen MR) is 81.4 cm³/mol. The molecule has 0 radical (unpaired) electrons. The summed E-state index contributed by atoms with van der Waals surface area (Å²) < 4.78 is 0. The van der Waals surface area contributed by atoms with Crippen LogP contribution in [0.5, 0.6) is 0 Å². The van der Waals surface area contributed by atoms with Gasteiger partial charge < -0.3 is 10.0 Å². The molecule has 114 valence electrons. The van der Waals surface area contributed by atoms with E-state index in [1.807, 2.05) is 23.8 Å². The van der Waals surface area contributed by atoms with Gasteiger partial charge >= 0.3 is 5.97 Å². The number of rotatable bonds is 3. The minimum atomic E-state index is -0.852. The first-order valence-corrected chi connectivity index (χ1v) is 8.61. The number of carbonyl (C=O) groups is 2. The van der Waals surface area contributed by atoms with Crippen molar-refractivity contribution in [3.63, 3.8) is 0 Å². The Morgan fingerprint density at radius 1 is 1.38 bits per heavy atom. The number of hydrogen-bond donors (Lipinski definition) is 1. The van der Waals surface area contributed by atoms with Gasteiger partial charge in [0, 0.05) is 6.04 Å². The van der Waals surface area contributed by atoms with Crippen LogP contribution in [0.3, 0.4) is 0 Å². The molecular weight excluding hydrogens is 286 g/mol. The van der Waals surface area contributed by atoms with E-state index in [9.17, 15) is 14.7 Å². The highest BCUT2D eigenvalue weighted by Crippen LogP contribution is 2.41. The molecule has 2 fully saturated rings. The van der Waals surface area contributed by atoms with E-state index in [2.05, 4.69) is 0 Å². The molecule has 0 bridgehead atoms. The Hall–Kier alpha value is -1.36. The normalized spacial score (nSPS) is 30.0. The molecule has 1 aromatic rings. The van der Waals surface area contributed by atoms with E-state index in [1.54, 1.807) is 16.2 Å². The second kappa shape index (κ2) is 5.79. The average molecular weight is 307 g/mol. The maximum Gasteiger partial charge on any atom is 0.326 e. The number of hydrogen-bond acceptors (Lipinski definition) is 3. The zero-order chi connectivity index (χ0) is 15.0. The molecule has 2 aliphatic rings. The minimum absolute atomic E-state index is 0.0183. The summed E-state index contributed by atoms with van der Waals surface area (Å²) in [7, 11) is 0.